The molecule has 5 nitrogen and oxygen atoms in total. The lowest BCUT2D eigenvalue weighted by Crippen LogP contribution is -2.53. The van der Waals surface area contributed by atoms with E-state index in [1.54, 1.807) is 21.0 Å². The van der Waals surface area contributed by atoms with Crippen molar-refractivity contribution in [3.05, 3.63) is 35.9 Å². The summed E-state index contributed by atoms with van der Waals surface area (Å²) in [5, 5.41) is 5.88. The van der Waals surface area contributed by atoms with Gasteiger partial charge in [-0.15, -0.1) is 12.4 Å². The minimum Gasteiger partial charge on any atom is -0.465 e. The fraction of sp³-hybridized carbons (Fsp3) is 0.500. The molecule has 0 fully saturated rings. The Hall–Kier alpha value is -1.43. The number of ketones is 1. The molecule has 0 aliphatic heterocycles. The average Bonchev–Trinajstić information content (AvgIpc) is 2.48. The predicted octanol–water partition coefficient (Wildman–Crippen LogP) is 1.21. The van der Waals surface area contributed by atoms with Crippen LogP contribution >= 0.6 is 12.4 Å². The first kappa shape index (κ1) is 20.6. The zero-order valence-electron chi connectivity index (χ0n) is 13.3. The van der Waals surface area contributed by atoms with Crippen LogP contribution in [0.1, 0.15) is 12.5 Å². The summed E-state index contributed by atoms with van der Waals surface area (Å²) in [5.41, 5.74) is -0.307. The summed E-state index contributed by atoms with van der Waals surface area (Å²) >= 11 is 0. The van der Waals surface area contributed by atoms with Crippen LogP contribution in [0.15, 0.2) is 30.3 Å². The van der Waals surface area contributed by atoms with Crippen molar-refractivity contribution in [2.45, 2.75) is 13.3 Å². The molecule has 0 radical (unpaired) electrons. The lowest BCUT2D eigenvalue weighted by Gasteiger charge is -2.29. The lowest BCUT2D eigenvalue weighted by molar-refractivity contribution is -0.159. The fourth-order valence-electron chi connectivity index (χ4n) is 2.34. The summed E-state index contributed by atoms with van der Waals surface area (Å²) in [5.74, 6) is -0.620. The highest BCUT2D eigenvalue weighted by atomic mass is 35.5. The van der Waals surface area contributed by atoms with Crippen LogP contribution in [-0.2, 0) is 20.7 Å². The van der Waals surface area contributed by atoms with Gasteiger partial charge in [-0.2, -0.15) is 0 Å². The Bertz CT molecular complexity index is 460. The molecule has 1 rings (SSSR count). The largest absolute Gasteiger partial charge is 0.465 e. The second kappa shape index (κ2) is 10.3. The van der Waals surface area contributed by atoms with Gasteiger partial charge in [0.2, 0.25) is 0 Å². The molecular weight excluding hydrogens is 304 g/mol. The summed E-state index contributed by atoms with van der Waals surface area (Å²) in [6, 6.07) is 9.42. The monoisotopic (exact) mass is 328 g/mol. The van der Waals surface area contributed by atoms with E-state index in [2.05, 4.69) is 10.6 Å². The third-order valence-corrected chi connectivity index (χ3v) is 3.36. The predicted molar refractivity (Wildman–Crippen MR) is 89.3 cm³/mol. The average molecular weight is 329 g/mol. The van der Waals surface area contributed by atoms with Gasteiger partial charge in [0.25, 0.3) is 0 Å². The molecule has 0 aliphatic carbocycles. The van der Waals surface area contributed by atoms with Crippen molar-refractivity contribution in [2.24, 2.45) is 5.41 Å². The number of hydrogen-bond donors (Lipinski definition) is 2. The van der Waals surface area contributed by atoms with E-state index < -0.39 is 11.4 Å². The molecule has 22 heavy (non-hydrogen) atoms. The molecule has 0 saturated heterocycles. The molecule has 0 heterocycles. The van der Waals surface area contributed by atoms with Gasteiger partial charge in [-0.1, -0.05) is 30.3 Å². The molecule has 2 N–H and O–H groups in total. The number of ether oxygens (including phenoxy) is 1. The van der Waals surface area contributed by atoms with Crippen LogP contribution in [0.4, 0.5) is 0 Å². The number of rotatable bonds is 9. The summed E-state index contributed by atoms with van der Waals surface area (Å²) < 4.78 is 5.13. The number of Topliss-reactive ketones (excluding diaryl/α,β-unsaturated/α-hetero) is 1. The van der Waals surface area contributed by atoms with Gasteiger partial charge in [0, 0.05) is 19.5 Å². The molecule has 0 unspecified atom stereocenters. The van der Waals surface area contributed by atoms with Crippen molar-refractivity contribution in [3.8, 4) is 0 Å². The maximum atomic E-state index is 12.7. The highest BCUT2D eigenvalue weighted by Gasteiger charge is 2.45. The number of nitrogens with one attached hydrogen (secondary N) is 2. The van der Waals surface area contributed by atoms with Gasteiger partial charge in [0.05, 0.1) is 6.61 Å². The van der Waals surface area contributed by atoms with Crippen LogP contribution in [0.5, 0.6) is 0 Å². The van der Waals surface area contributed by atoms with Crippen molar-refractivity contribution in [3.63, 3.8) is 0 Å². The fourth-order valence-corrected chi connectivity index (χ4v) is 2.34. The Morgan fingerprint density at radius 1 is 1.09 bits per heavy atom. The molecule has 0 aromatic heterocycles. The number of carbonyl (C=O) groups is 2. The van der Waals surface area contributed by atoms with E-state index in [0.717, 1.165) is 5.56 Å². The van der Waals surface area contributed by atoms with Crippen molar-refractivity contribution in [2.75, 3.05) is 33.8 Å². The molecule has 1 aromatic rings. The molecule has 0 spiro atoms. The third-order valence-electron chi connectivity index (χ3n) is 3.36. The topological polar surface area (TPSA) is 67.4 Å². The molecule has 0 aliphatic rings. The molecular formula is C16H25ClN2O3. The van der Waals surface area contributed by atoms with Crippen LogP contribution < -0.4 is 10.6 Å². The smallest absolute Gasteiger partial charge is 0.322 e. The number of esters is 1. The maximum Gasteiger partial charge on any atom is 0.322 e. The zero-order chi connectivity index (χ0) is 15.7. The summed E-state index contributed by atoms with van der Waals surface area (Å²) in [7, 11) is 3.44. The highest BCUT2D eigenvalue weighted by Crippen LogP contribution is 2.22. The SMILES string of the molecule is CCOC(=O)C(CNC)(CNC)C(=O)Cc1ccccc1.Cl. The minimum atomic E-state index is -1.20. The summed E-state index contributed by atoms with van der Waals surface area (Å²) in [6.07, 6.45) is 0.211. The van der Waals surface area contributed by atoms with Crippen LogP contribution in [-0.4, -0.2) is 45.5 Å². The third kappa shape index (κ3) is 5.09. The lowest BCUT2D eigenvalue weighted by atomic mass is 9.80. The Balaban J connectivity index is 0.00000441. The number of carbonyl (C=O) groups excluding carboxylic acids is 2. The molecule has 0 saturated carbocycles. The minimum absolute atomic E-state index is 0. The first-order valence-corrected chi connectivity index (χ1v) is 7.14. The number of benzene rings is 1. The van der Waals surface area contributed by atoms with Crippen LogP contribution in [0.2, 0.25) is 0 Å². The van der Waals surface area contributed by atoms with Gasteiger partial charge in [0.15, 0.2) is 11.2 Å². The second-order valence-corrected chi connectivity index (χ2v) is 4.95. The van der Waals surface area contributed by atoms with Gasteiger partial charge in [-0.05, 0) is 26.6 Å². The van der Waals surface area contributed by atoms with E-state index in [9.17, 15) is 9.59 Å². The Labute approximate surface area is 138 Å². The Kier molecular flexibility index (Phi) is 9.65. The zero-order valence-corrected chi connectivity index (χ0v) is 14.2. The van der Waals surface area contributed by atoms with Gasteiger partial charge in [0.1, 0.15) is 0 Å². The van der Waals surface area contributed by atoms with E-state index in [0.29, 0.717) is 0 Å². The van der Waals surface area contributed by atoms with E-state index in [-0.39, 0.29) is 44.3 Å². The van der Waals surface area contributed by atoms with Crippen LogP contribution in [0.25, 0.3) is 0 Å². The molecule has 6 heteroatoms. The normalized spacial score (nSPS) is 10.7. The van der Waals surface area contributed by atoms with Gasteiger partial charge < -0.3 is 15.4 Å². The standard InChI is InChI=1S/C16H24N2O3.ClH/c1-4-21-15(20)16(11-17-2,12-18-3)14(19)10-13-8-6-5-7-9-13;/h5-9,17-18H,4,10-12H2,1-3H3;1H. The van der Waals surface area contributed by atoms with Gasteiger partial charge in [-0.25, -0.2) is 0 Å². The number of halogens is 1. The van der Waals surface area contributed by atoms with Crippen molar-refractivity contribution < 1.29 is 14.3 Å². The Morgan fingerprint density at radius 3 is 2.09 bits per heavy atom. The first-order chi connectivity index (χ1) is 10.1. The van der Waals surface area contributed by atoms with Crippen LogP contribution in [0, 0.1) is 5.41 Å². The van der Waals surface area contributed by atoms with Crippen molar-refractivity contribution in [1.29, 1.82) is 0 Å². The molecule has 1 aromatic carbocycles. The van der Waals surface area contributed by atoms with E-state index >= 15 is 0 Å². The van der Waals surface area contributed by atoms with E-state index in [1.165, 1.54) is 0 Å². The summed E-state index contributed by atoms with van der Waals surface area (Å²) in [6.45, 7) is 2.49. The molecule has 0 bridgehead atoms. The highest BCUT2D eigenvalue weighted by molar-refractivity contribution is 6.05. The molecule has 124 valence electrons. The van der Waals surface area contributed by atoms with Gasteiger partial charge in [-0.3, -0.25) is 9.59 Å². The Morgan fingerprint density at radius 2 is 1.64 bits per heavy atom. The van der Waals surface area contributed by atoms with Gasteiger partial charge >= 0.3 is 5.97 Å². The number of hydrogen-bond acceptors (Lipinski definition) is 5. The van der Waals surface area contributed by atoms with E-state index in [1.807, 2.05) is 30.3 Å². The quantitative estimate of drug-likeness (QED) is 0.527. The second-order valence-electron chi connectivity index (χ2n) is 4.95. The molecule has 0 amide bonds. The first-order valence-electron chi connectivity index (χ1n) is 7.14. The van der Waals surface area contributed by atoms with E-state index in [4.69, 9.17) is 4.74 Å². The molecule has 0 atom stereocenters. The van der Waals surface area contributed by atoms with Crippen molar-refractivity contribution >= 4 is 24.2 Å². The van der Waals surface area contributed by atoms with Crippen molar-refractivity contribution in [1.82, 2.24) is 10.6 Å². The van der Waals surface area contributed by atoms with Crippen LogP contribution in [0.3, 0.4) is 0 Å². The maximum absolute atomic E-state index is 12.7. The summed E-state index contributed by atoms with van der Waals surface area (Å²) in [4.78, 5) is 25.1.